The van der Waals surface area contributed by atoms with Crippen LogP contribution in [0.15, 0.2) is 23.9 Å². The first-order valence-electron chi connectivity index (χ1n) is 9.80. The van der Waals surface area contributed by atoms with Crippen LogP contribution in [0.2, 0.25) is 5.02 Å². The lowest BCUT2D eigenvalue weighted by molar-refractivity contribution is -0.162. The topological polar surface area (TPSA) is 120 Å². The first-order valence-corrected chi connectivity index (χ1v) is 10.2. The summed E-state index contributed by atoms with van der Waals surface area (Å²) in [5, 5.41) is 4.38. The quantitative estimate of drug-likeness (QED) is 0.317. The Kier molecular flexibility index (Phi) is 10.1. The highest BCUT2D eigenvalue weighted by molar-refractivity contribution is 6.33. The van der Waals surface area contributed by atoms with E-state index in [-0.39, 0.29) is 41.6 Å². The Labute approximate surface area is 190 Å². The van der Waals surface area contributed by atoms with Gasteiger partial charge in [-0.1, -0.05) is 18.5 Å². The molecule has 2 N–H and O–H groups in total. The number of benzene rings is 1. The van der Waals surface area contributed by atoms with Crippen LogP contribution < -0.4 is 10.6 Å². The summed E-state index contributed by atoms with van der Waals surface area (Å²) in [6.07, 6.45) is 0.600. The Balaban J connectivity index is 3.07. The summed E-state index contributed by atoms with van der Waals surface area (Å²) in [7, 11) is 0. The maximum absolute atomic E-state index is 14.3. The summed E-state index contributed by atoms with van der Waals surface area (Å²) < 4.78 is 29.1. The van der Waals surface area contributed by atoms with Gasteiger partial charge in [-0.05, 0) is 46.2 Å². The minimum Gasteiger partial charge on any atom is -0.463 e. The van der Waals surface area contributed by atoms with Crippen LogP contribution in [0.4, 0.5) is 14.9 Å². The Hall–Kier alpha value is -3.14. The van der Waals surface area contributed by atoms with Crippen molar-refractivity contribution in [1.29, 1.82) is 0 Å². The number of esters is 2. The number of nitrogens with one attached hydrogen (secondary N) is 2. The van der Waals surface area contributed by atoms with Crippen LogP contribution in [0.3, 0.4) is 0 Å². The zero-order valence-corrected chi connectivity index (χ0v) is 19.2. The van der Waals surface area contributed by atoms with Gasteiger partial charge >= 0.3 is 18.0 Å². The number of alkyl carbamates (subject to hydrolysis) is 1. The van der Waals surface area contributed by atoms with Gasteiger partial charge in [0.25, 0.3) is 0 Å². The highest BCUT2D eigenvalue weighted by Crippen LogP contribution is 2.27. The summed E-state index contributed by atoms with van der Waals surface area (Å²) in [6, 6.07) is 1.81. The third-order valence-electron chi connectivity index (χ3n) is 3.87. The van der Waals surface area contributed by atoms with E-state index >= 15 is 0 Å². The molecule has 0 aliphatic heterocycles. The van der Waals surface area contributed by atoms with E-state index in [0.29, 0.717) is 0 Å². The molecule has 0 saturated heterocycles. The molecule has 1 rings (SSSR count). The molecule has 0 atom stereocenters. The maximum atomic E-state index is 14.3. The fourth-order valence-electron chi connectivity index (χ4n) is 2.29. The van der Waals surface area contributed by atoms with Gasteiger partial charge in [-0.3, -0.25) is 10.1 Å². The molecule has 0 unspecified atom stereocenters. The average molecular weight is 473 g/mol. The van der Waals surface area contributed by atoms with E-state index in [1.165, 1.54) is 13.8 Å². The van der Waals surface area contributed by atoms with Crippen molar-refractivity contribution in [3.63, 3.8) is 0 Å². The fourth-order valence-corrected chi connectivity index (χ4v) is 2.51. The average Bonchev–Trinajstić information content (AvgIpc) is 2.69. The number of anilines is 1. The normalized spacial score (nSPS) is 11.4. The molecule has 11 heteroatoms. The second-order valence-electron chi connectivity index (χ2n) is 6.79. The van der Waals surface area contributed by atoms with E-state index in [2.05, 4.69) is 10.6 Å². The van der Waals surface area contributed by atoms with Crippen LogP contribution in [-0.2, 0) is 23.8 Å². The van der Waals surface area contributed by atoms with Crippen molar-refractivity contribution in [2.75, 3.05) is 18.5 Å². The largest absolute Gasteiger partial charge is 0.463 e. The molecular weight excluding hydrogens is 447 g/mol. The number of halogens is 2. The van der Waals surface area contributed by atoms with Crippen LogP contribution in [0.1, 0.15) is 51.4 Å². The molecule has 0 aromatic heterocycles. The van der Waals surface area contributed by atoms with Crippen molar-refractivity contribution in [1.82, 2.24) is 5.32 Å². The first-order chi connectivity index (χ1) is 14.9. The van der Waals surface area contributed by atoms with Crippen LogP contribution in [-0.4, -0.2) is 42.8 Å². The van der Waals surface area contributed by atoms with Crippen molar-refractivity contribution < 1.29 is 37.8 Å². The zero-order valence-electron chi connectivity index (χ0n) is 18.5. The Morgan fingerprint density at radius 2 is 1.72 bits per heavy atom. The Bertz CT molecular complexity index is 916. The second kappa shape index (κ2) is 12.0. The molecule has 0 saturated carbocycles. The van der Waals surface area contributed by atoms with Crippen LogP contribution in [0, 0.1) is 5.82 Å². The van der Waals surface area contributed by atoms with Crippen molar-refractivity contribution >= 4 is 41.2 Å². The molecule has 1 aromatic carbocycles. The summed E-state index contributed by atoms with van der Waals surface area (Å²) in [6.45, 7) is 7.81. The van der Waals surface area contributed by atoms with E-state index in [9.17, 15) is 23.6 Å². The highest BCUT2D eigenvalue weighted by Gasteiger charge is 2.34. The number of hydrogen-bond acceptors (Lipinski definition) is 7. The predicted molar refractivity (Wildman–Crippen MR) is 115 cm³/mol. The van der Waals surface area contributed by atoms with Gasteiger partial charge < -0.3 is 19.5 Å². The number of ether oxygens (including phenoxy) is 3. The van der Waals surface area contributed by atoms with Crippen molar-refractivity contribution in [3.8, 4) is 0 Å². The summed E-state index contributed by atoms with van der Waals surface area (Å²) in [5.41, 5.74) is -2.02. The molecule has 0 fully saturated rings. The molecule has 0 radical (unpaired) electrons. The van der Waals surface area contributed by atoms with Crippen LogP contribution in [0.5, 0.6) is 0 Å². The molecule has 0 heterocycles. The molecular formula is C21H26ClFN2O7. The molecule has 0 bridgehead atoms. The van der Waals surface area contributed by atoms with E-state index in [0.717, 1.165) is 18.2 Å². The molecule has 0 aliphatic carbocycles. The van der Waals surface area contributed by atoms with Crippen molar-refractivity contribution in [3.05, 3.63) is 40.3 Å². The number of hydrogen-bond donors (Lipinski definition) is 2. The molecule has 32 heavy (non-hydrogen) atoms. The van der Waals surface area contributed by atoms with E-state index < -0.39 is 35.4 Å². The minimum absolute atomic E-state index is 0.0889. The van der Waals surface area contributed by atoms with Gasteiger partial charge in [0.15, 0.2) is 0 Å². The lowest BCUT2D eigenvalue weighted by Crippen LogP contribution is -2.38. The predicted octanol–water partition coefficient (Wildman–Crippen LogP) is 3.96. The molecule has 9 nitrogen and oxygen atoms in total. The van der Waals surface area contributed by atoms with Crippen molar-refractivity contribution in [2.45, 2.75) is 46.6 Å². The van der Waals surface area contributed by atoms with E-state index in [1.807, 2.05) is 0 Å². The van der Waals surface area contributed by atoms with Gasteiger partial charge in [0.2, 0.25) is 11.5 Å². The highest BCUT2D eigenvalue weighted by atomic mass is 35.5. The van der Waals surface area contributed by atoms with Gasteiger partial charge in [-0.15, -0.1) is 0 Å². The minimum atomic E-state index is -1.62. The smallest absolute Gasteiger partial charge is 0.411 e. The third kappa shape index (κ3) is 7.84. The number of carbonyl (C=O) groups is 4. The van der Waals surface area contributed by atoms with Gasteiger partial charge in [-0.25, -0.2) is 18.8 Å². The second-order valence-corrected chi connectivity index (χ2v) is 7.20. The molecule has 2 amide bonds. The monoisotopic (exact) mass is 472 g/mol. The molecule has 0 aliphatic rings. The van der Waals surface area contributed by atoms with Gasteiger partial charge in [0.05, 0.1) is 29.5 Å². The SMILES string of the molecule is CCOC(=O)N/C(=C\C(=O)Nc1cc(C(=O)OC(C)(C)C(=O)OCC)c(Cl)cc1F)CC. The summed E-state index contributed by atoms with van der Waals surface area (Å²) in [4.78, 5) is 48.2. The standard InChI is InChI=1S/C21H26ClFN2O7/c1-6-12(24-20(29)31-8-3)9-17(26)25-16-10-13(14(22)11-15(16)23)18(27)32-21(4,5)19(28)30-7-2/h9-11H,6-8H2,1-5H3,(H,24,29)(H,25,26)/b12-9-. The van der Waals surface area contributed by atoms with Crippen molar-refractivity contribution in [2.24, 2.45) is 0 Å². The van der Waals surface area contributed by atoms with E-state index in [1.54, 1.807) is 20.8 Å². The first kappa shape index (κ1) is 26.9. The fraction of sp³-hybridized carbons (Fsp3) is 0.429. The lowest BCUT2D eigenvalue weighted by atomic mass is 10.1. The summed E-state index contributed by atoms with van der Waals surface area (Å²) in [5.74, 6) is -3.47. The number of amides is 2. The van der Waals surface area contributed by atoms with Gasteiger partial charge in [0, 0.05) is 11.8 Å². The Morgan fingerprint density at radius 1 is 1.09 bits per heavy atom. The molecule has 1 aromatic rings. The zero-order chi connectivity index (χ0) is 24.5. The number of rotatable bonds is 9. The van der Waals surface area contributed by atoms with E-state index in [4.69, 9.17) is 25.8 Å². The molecule has 0 spiro atoms. The van der Waals surface area contributed by atoms with Gasteiger partial charge in [0.1, 0.15) is 5.82 Å². The van der Waals surface area contributed by atoms with Crippen LogP contribution >= 0.6 is 11.6 Å². The maximum Gasteiger partial charge on any atom is 0.411 e. The lowest BCUT2D eigenvalue weighted by Gasteiger charge is -2.23. The van der Waals surface area contributed by atoms with Gasteiger partial charge in [-0.2, -0.15) is 0 Å². The summed E-state index contributed by atoms with van der Waals surface area (Å²) >= 11 is 5.95. The van der Waals surface area contributed by atoms with Crippen LogP contribution in [0.25, 0.3) is 0 Å². The molecule has 176 valence electrons. The Morgan fingerprint density at radius 3 is 2.28 bits per heavy atom. The number of carbonyl (C=O) groups excluding carboxylic acids is 4. The number of allylic oxidation sites excluding steroid dienone is 1. The third-order valence-corrected chi connectivity index (χ3v) is 4.19.